The van der Waals surface area contributed by atoms with Crippen LogP contribution in [0.25, 0.3) is 0 Å². The number of amides is 13. The monoisotopic (exact) mass is 1860 g/mol. The van der Waals surface area contributed by atoms with Gasteiger partial charge in [0, 0.05) is 90.1 Å². The molecule has 1 aromatic rings. The van der Waals surface area contributed by atoms with Crippen LogP contribution in [-0.2, 0) is 73.5 Å². The van der Waals surface area contributed by atoms with Gasteiger partial charge in [0.25, 0.3) is 0 Å². The second kappa shape index (κ2) is 64.5. The van der Waals surface area contributed by atoms with Crippen molar-refractivity contribution < 1.29 is 71.9 Å². The van der Waals surface area contributed by atoms with E-state index in [1.54, 1.807) is 24.3 Å². The third-order valence-electron chi connectivity index (χ3n) is 18.7. The number of carbonyl (C=O) groups excluding carboxylic acids is 14. The number of ether oxygens (including phenoxy) is 1. The summed E-state index contributed by atoms with van der Waals surface area (Å²) in [6.07, 6.45) is -1.75. The van der Waals surface area contributed by atoms with Gasteiger partial charge in [-0.1, -0.05) is 24.3 Å². The Bertz CT molecular complexity index is 3980. The highest BCUT2D eigenvalue weighted by Gasteiger charge is 2.37. The molecule has 56 heteroatoms. The summed E-state index contributed by atoms with van der Waals surface area (Å²) in [7, 11) is 0. The standard InChI is InChI=1S/C74H136N40O15S/c1-39(115)42-23-21-41(22-24-42)36-52(55(75)118)105-54(117)37-129-35-34-94-56(119)53(38-130)114-65(128)51(20-11-33-103-74(92)93)113-64(127)50(19-10-32-102-73(90)91)112-63(126)49(18-9-31-101-72(88)89)111-62(125)48(17-8-30-100-71(86)87)110-61(124)47(16-7-29-99-70(84)85)109-60(123)46(15-6-28-98-69(82)83)108-59(122)45(14-5-27-97-68(80)81)107-58(121)44(13-4-26-96-67(78)79)106-57(120)43(104-40(2)116)12-3-25-95-66(76)77/h21-24,43-53,130H,3-20,25-38H2,1-2H3,(H2,75,118)(H,94,119)(H,104,116)(H,105,117)(H,106,120)(H,107,121)(H,108,122)(H,109,123)(H,110,124)(H,111,125)(H,112,126)(H,113,127)(H,114,128)(H4,76,77,95)(H4,78,79,96)(H4,80,81,97)(H4,82,83,98)(H4,84,85,99)(H4,86,87,100)(H4,88,89,101)(H4,90,91,102)(H4,92,93,103)/t43-,44-,45-,46-,47-,48-,49-,50-,51-,52+,53-/m1/s1. The van der Waals surface area contributed by atoms with Crippen LogP contribution in [0.5, 0.6) is 0 Å². The number of carbonyl (C=O) groups is 14. The predicted molar refractivity (Wildman–Crippen MR) is 486 cm³/mol. The molecule has 55 nitrogen and oxygen atoms in total. The van der Waals surface area contributed by atoms with Crippen LogP contribution in [-0.4, -0.2) is 287 Å². The Morgan fingerprint density at radius 2 is 0.500 bits per heavy atom. The molecule has 0 radical (unpaired) electrons. The Balaban J connectivity index is 3.98. The Hall–Kier alpha value is -14.3. The van der Waals surface area contributed by atoms with E-state index in [4.69, 9.17) is 111 Å². The second-order valence-corrected chi connectivity index (χ2v) is 30.0. The van der Waals surface area contributed by atoms with Gasteiger partial charge in [0.15, 0.2) is 59.4 Å². The molecule has 13 amide bonds. The van der Waals surface area contributed by atoms with Crippen molar-refractivity contribution in [1.82, 2.24) is 112 Å². The van der Waals surface area contributed by atoms with Crippen LogP contribution in [0.1, 0.15) is 145 Å². The fraction of sp³-hybridized carbons (Fsp3) is 0.608. The third kappa shape index (κ3) is 53.3. The summed E-state index contributed by atoms with van der Waals surface area (Å²) in [6.45, 7) is 1.32. The molecule has 0 heterocycles. The number of nitrogens with one attached hydrogen (secondary N) is 30. The molecule has 0 aromatic heterocycles. The topological polar surface area (TPSA) is 976 Å². The number of Topliss-reactive ketones (excluding diaryl/α,β-unsaturated/α-hetero) is 1. The molecule has 728 valence electrons. The minimum absolute atomic E-state index is 0.000827. The lowest BCUT2D eigenvalue weighted by Crippen LogP contribution is -2.61. The lowest BCUT2D eigenvalue weighted by molar-refractivity contribution is -0.136. The first-order chi connectivity index (χ1) is 61.4. The largest absolute Gasteiger partial charge is 0.370 e. The number of hydrogen-bond acceptors (Lipinski definition) is 25. The quantitative estimate of drug-likeness (QED) is 0.00947. The van der Waals surface area contributed by atoms with E-state index in [9.17, 15) is 52.7 Å². The fourth-order valence-corrected chi connectivity index (χ4v) is 12.4. The molecule has 0 saturated heterocycles. The maximum atomic E-state index is 15.1. The SMILES string of the molecule is CC(=O)N[C@H](CCCNC(=N)N)C(=O)N[C@H](CCCNC(=N)N)C(=O)N[C@H](CCCNC(=N)N)C(=O)N[C@H](CCCNC(=N)N)C(=O)N[C@H](CCCNC(=N)N)C(=O)N[C@H](CCCNC(=N)N)C(=O)N[C@H](CCCNC(=N)N)C(=O)N[C@H](CCCNC(=N)N)C(=O)N[C@H](CCCNC(=N)N)C(=O)N[C@H](CS)C(=O)NCCOCC(=O)N[C@@H](Cc1ccc(C(C)=O)cc1)C(N)=O. The van der Waals surface area contributed by atoms with Crippen molar-refractivity contribution in [2.24, 2.45) is 57.3 Å². The predicted octanol–water partition coefficient (Wildman–Crippen LogP) is -12.3. The van der Waals surface area contributed by atoms with Gasteiger partial charge in [-0.2, -0.15) is 12.6 Å². The van der Waals surface area contributed by atoms with E-state index in [2.05, 4.69) is 124 Å². The highest BCUT2D eigenvalue weighted by atomic mass is 32.1. The molecule has 0 unspecified atom stereocenters. The first-order valence-corrected chi connectivity index (χ1v) is 42.4. The number of nitrogens with two attached hydrogens (primary N) is 10. The first kappa shape index (κ1) is 114. The molecule has 11 atom stereocenters. The van der Waals surface area contributed by atoms with Crippen LogP contribution in [0.15, 0.2) is 24.3 Å². The molecule has 1 aromatic carbocycles. The van der Waals surface area contributed by atoms with E-state index in [0.29, 0.717) is 11.1 Å². The summed E-state index contributed by atoms with van der Waals surface area (Å²) in [4.78, 5) is 195. The Labute approximate surface area is 757 Å². The van der Waals surface area contributed by atoms with Crippen LogP contribution < -0.4 is 169 Å². The molecule has 0 fully saturated rings. The van der Waals surface area contributed by atoms with E-state index in [-0.39, 0.29) is 212 Å². The number of benzene rings is 1. The molecule has 0 aliphatic heterocycles. The van der Waals surface area contributed by atoms with E-state index >= 15 is 14.4 Å². The van der Waals surface area contributed by atoms with E-state index < -0.39 is 198 Å². The van der Waals surface area contributed by atoms with Crippen LogP contribution in [0.3, 0.4) is 0 Å². The maximum absolute atomic E-state index is 15.1. The van der Waals surface area contributed by atoms with Gasteiger partial charge >= 0.3 is 0 Å². The summed E-state index contributed by atoms with van der Waals surface area (Å²) in [5, 5.41) is 124. The number of ketones is 1. The number of primary amides is 1. The average Bonchev–Trinajstić information content (AvgIpc) is 0.851. The van der Waals surface area contributed by atoms with Crippen LogP contribution >= 0.6 is 12.6 Å². The van der Waals surface area contributed by atoms with Crippen molar-refractivity contribution in [3.63, 3.8) is 0 Å². The third-order valence-corrected chi connectivity index (χ3v) is 19.1. The maximum Gasteiger partial charge on any atom is 0.246 e. The molecule has 1 rings (SSSR count). The van der Waals surface area contributed by atoms with Crippen molar-refractivity contribution >= 4 is 149 Å². The van der Waals surface area contributed by atoms with Crippen LogP contribution in [0.2, 0.25) is 0 Å². The molecule has 0 saturated carbocycles. The number of guanidine groups is 9. The van der Waals surface area contributed by atoms with Crippen LogP contribution in [0, 0.1) is 48.7 Å². The number of thiol groups is 1. The lowest BCUT2D eigenvalue weighted by Gasteiger charge is -2.29. The van der Waals surface area contributed by atoms with Crippen molar-refractivity contribution in [3.05, 3.63) is 35.4 Å². The highest BCUT2D eigenvalue weighted by molar-refractivity contribution is 7.80. The van der Waals surface area contributed by atoms with Crippen molar-refractivity contribution in [1.29, 1.82) is 48.7 Å². The Morgan fingerprint density at radius 1 is 0.285 bits per heavy atom. The van der Waals surface area contributed by atoms with E-state index in [0.717, 1.165) is 6.92 Å². The number of hydrogen-bond donors (Lipinski definition) is 41. The highest BCUT2D eigenvalue weighted by Crippen LogP contribution is 2.14. The summed E-state index contributed by atoms with van der Waals surface area (Å²) in [5.74, 6) is -16.3. The number of rotatable bonds is 67. The summed E-state index contributed by atoms with van der Waals surface area (Å²) >= 11 is 4.27. The molecular formula is C74H136N40O15S. The minimum atomic E-state index is -1.66. The zero-order valence-corrected chi connectivity index (χ0v) is 74.0. The Kier molecular flexibility index (Phi) is 56.4. The van der Waals surface area contributed by atoms with Crippen molar-refractivity contribution in [2.75, 3.05) is 84.4 Å². The zero-order chi connectivity index (χ0) is 97.8. The molecule has 130 heavy (non-hydrogen) atoms. The lowest BCUT2D eigenvalue weighted by atomic mass is 10.0. The smallest absolute Gasteiger partial charge is 0.246 e. The van der Waals surface area contributed by atoms with Gasteiger partial charge in [0.1, 0.15) is 73.1 Å². The molecule has 0 aliphatic carbocycles. The Morgan fingerprint density at radius 3 is 0.692 bits per heavy atom. The minimum Gasteiger partial charge on any atom is -0.370 e. The van der Waals surface area contributed by atoms with Gasteiger partial charge in [-0.3, -0.25) is 116 Å². The summed E-state index contributed by atoms with van der Waals surface area (Å²) in [5.41, 5.74) is 56.5. The van der Waals surface area contributed by atoms with Gasteiger partial charge in [-0.25, -0.2) is 0 Å². The second-order valence-electron chi connectivity index (χ2n) is 29.7. The molecule has 0 spiro atoms. The van der Waals surface area contributed by atoms with E-state index in [1.165, 1.54) is 6.92 Å². The van der Waals surface area contributed by atoms with E-state index in [1.807, 2.05) is 0 Å². The molecule has 0 aliphatic rings. The molecule has 0 bridgehead atoms. The van der Waals surface area contributed by atoms with Gasteiger partial charge in [0.05, 0.1) is 6.61 Å². The summed E-state index contributed by atoms with van der Waals surface area (Å²) < 4.78 is 5.42. The molecule has 50 N–H and O–H groups in total. The summed E-state index contributed by atoms with van der Waals surface area (Å²) in [6, 6.07) is -10.1. The zero-order valence-electron chi connectivity index (χ0n) is 73.1. The van der Waals surface area contributed by atoms with Crippen molar-refractivity contribution in [3.8, 4) is 0 Å². The fourth-order valence-electron chi connectivity index (χ4n) is 12.2. The van der Waals surface area contributed by atoms with Crippen LogP contribution in [0.4, 0.5) is 0 Å². The van der Waals surface area contributed by atoms with Gasteiger partial charge in [-0.15, -0.1) is 0 Å². The molecular weight excluding hydrogens is 1720 g/mol. The average molecular weight is 1860 g/mol. The van der Waals surface area contributed by atoms with Crippen molar-refractivity contribution in [2.45, 2.75) is 202 Å². The first-order valence-electron chi connectivity index (χ1n) is 41.8. The van der Waals surface area contributed by atoms with Gasteiger partial charge < -0.3 is 174 Å². The van der Waals surface area contributed by atoms with Gasteiger partial charge in [-0.05, 0) is 128 Å². The normalized spacial score (nSPS) is 13.2. The van der Waals surface area contributed by atoms with Gasteiger partial charge in [0.2, 0.25) is 76.8 Å².